The minimum atomic E-state index is -4.40. The Balaban J connectivity index is 1.32. The number of piperidine rings is 1. The van der Waals surface area contributed by atoms with Gasteiger partial charge in [-0.1, -0.05) is 28.1 Å². The zero-order valence-electron chi connectivity index (χ0n) is 20.0. The smallest absolute Gasteiger partial charge is 0.355 e. The van der Waals surface area contributed by atoms with E-state index in [-0.39, 0.29) is 11.8 Å². The van der Waals surface area contributed by atoms with Gasteiger partial charge in [-0.25, -0.2) is 14.6 Å². The molecule has 0 aliphatic carbocycles. The van der Waals surface area contributed by atoms with Gasteiger partial charge in [0.25, 0.3) is 0 Å². The van der Waals surface area contributed by atoms with Crippen LogP contribution in [0.15, 0.2) is 59.5 Å². The van der Waals surface area contributed by atoms with Gasteiger partial charge in [0, 0.05) is 30.3 Å². The second-order valence-electron chi connectivity index (χ2n) is 9.14. The number of hydrogen-bond acceptors (Lipinski definition) is 5. The molecular formula is C26H24BrF3N6O. The second-order valence-corrected chi connectivity index (χ2v) is 9.99. The van der Waals surface area contributed by atoms with Crippen molar-refractivity contribution in [3.63, 3.8) is 0 Å². The van der Waals surface area contributed by atoms with Crippen LogP contribution in [0.3, 0.4) is 0 Å². The van der Waals surface area contributed by atoms with E-state index in [1.54, 1.807) is 6.20 Å². The summed E-state index contributed by atoms with van der Waals surface area (Å²) in [5.74, 6) is 0.459. The van der Waals surface area contributed by atoms with Crippen LogP contribution in [0.2, 0.25) is 0 Å². The molecule has 1 aliphatic heterocycles. The number of halogens is 4. The number of benzene rings is 2. The summed E-state index contributed by atoms with van der Waals surface area (Å²) in [5.41, 5.74) is 2.34. The molecule has 1 saturated heterocycles. The predicted octanol–water partition coefficient (Wildman–Crippen LogP) is 5.44. The van der Waals surface area contributed by atoms with Gasteiger partial charge in [-0.15, -0.1) is 5.10 Å². The highest BCUT2D eigenvalue weighted by Crippen LogP contribution is 2.31. The van der Waals surface area contributed by atoms with E-state index in [9.17, 15) is 18.0 Å². The maximum atomic E-state index is 13.0. The van der Waals surface area contributed by atoms with Crippen LogP contribution < -0.4 is 10.2 Å². The van der Waals surface area contributed by atoms with Gasteiger partial charge in [-0.2, -0.15) is 13.2 Å². The lowest BCUT2D eigenvalue weighted by Crippen LogP contribution is -2.43. The first-order chi connectivity index (χ1) is 17.7. The number of anilines is 1. The average molecular weight is 573 g/mol. The van der Waals surface area contributed by atoms with Gasteiger partial charge in [0.05, 0.1) is 22.6 Å². The molecule has 4 aromatic rings. The maximum absolute atomic E-state index is 13.0. The molecule has 1 N–H and O–H groups in total. The molecule has 192 valence electrons. The molecule has 1 amide bonds. The Morgan fingerprint density at radius 1 is 1.16 bits per heavy atom. The predicted molar refractivity (Wildman–Crippen MR) is 137 cm³/mol. The molecule has 37 heavy (non-hydrogen) atoms. The van der Waals surface area contributed by atoms with Crippen LogP contribution >= 0.6 is 15.9 Å². The van der Waals surface area contributed by atoms with Crippen molar-refractivity contribution in [1.82, 2.24) is 25.1 Å². The largest absolute Gasteiger partial charge is 0.416 e. The first-order valence-electron chi connectivity index (χ1n) is 11.8. The van der Waals surface area contributed by atoms with Crippen molar-refractivity contribution in [1.29, 1.82) is 0 Å². The Hall–Kier alpha value is -3.47. The van der Waals surface area contributed by atoms with E-state index in [0.717, 1.165) is 47.1 Å². The van der Waals surface area contributed by atoms with Crippen molar-refractivity contribution in [2.45, 2.75) is 32.5 Å². The average Bonchev–Trinajstić information content (AvgIpc) is 3.33. The number of alkyl halides is 3. The summed E-state index contributed by atoms with van der Waals surface area (Å²) in [5, 5.41) is 8.17. The zero-order valence-corrected chi connectivity index (χ0v) is 21.6. The fraction of sp³-hybridized carbons (Fsp3) is 0.308. The van der Waals surface area contributed by atoms with Gasteiger partial charge in [-0.3, -0.25) is 4.79 Å². The van der Waals surface area contributed by atoms with Crippen LogP contribution in [0.25, 0.3) is 16.7 Å². The van der Waals surface area contributed by atoms with E-state index >= 15 is 0 Å². The third-order valence-corrected chi connectivity index (χ3v) is 7.43. The first kappa shape index (κ1) is 25.2. The summed E-state index contributed by atoms with van der Waals surface area (Å²) in [4.78, 5) is 23.7. The minimum Gasteiger partial charge on any atom is -0.355 e. The number of fused-ring (bicyclic) bond motifs is 1. The molecule has 2 aromatic carbocycles. The SMILES string of the molecule is Cc1cc(CNC(=O)[C@@H]2CCCN(c3ncnc4nn(-c5ccc(C(F)(F)F)cc5)cc34)C2)ccc1Br. The number of nitrogens with zero attached hydrogens (tertiary/aromatic N) is 5. The highest BCUT2D eigenvalue weighted by molar-refractivity contribution is 9.10. The van der Waals surface area contributed by atoms with Crippen LogP contribution in [0, 0.1) is 12.8 Å². The van der Waals surface area contributed by atoms with Crippen molar-refractivity contribution < 1.29 is 18.0 Å². The number of nitrogens with one attached hydrogen (secondary N) is 1. The monoisotopic (exact) mass is 572 g/mol. The molecule has 11 heteroatoms. The molecule has 0 unspecified atom stereocenters. The number of hydrogen-bond donors (Lipinski definition) is 1. The number of rotatable bonds is 5. The highest BCUT2D eigenvalue weighted by Gasteiger charge is 2.30. The molecule has 5 rings (SSSR count). The number of aromatic nitrogens is 4. The van der Waals surface area contributed by atoms with Gasteiger partial charge < -0.3 is 10.2 Å². The fourth-order valence-electron chi connectivity index (χ4n) is 4.55. The standard InChI is InChI=1S/C26H24BrF3N6O/c1-16-11-17(4-9-22(16)27)12-31-25(37)18-3-2-10-35(13-18)24-21-14-36(34-23(21)32-15-33-24)20-7-5-19(6-8-20)26(28,29)30/h4-9,11,14-15,18H,2-3,10,12-13H2,1H3,(H,31,37)/t18-/m1/s1. The Morgan fingerprint density at radius 3 is 2.68 bits per heavy atom. The molecule has 1 fully saturated rings. The Kier molecular flexibility index (Phi) is 6.89. The molecule has 1 atom stereocenters. The van der Waals surface area contributed by atoms with Gasteiger partial charge in [0.15, 0.2) is 5.65 Å². The van der Waals surface area contributed by atoms with Gasteiger partial charge in [0.1, 0.15) is 12.1 Å². The number of aryl methyl sites for hydroxylation is 1. The molecule has 3 heterocycles. The van der Waals surface area contributed by atoms with Crippen molar-refractivity contribution >= 4 is 38.7 Å². The summed E-state index contributed by atoms with van der Waals surface area (Å²) in [6.07, 6.45) is 0.336. The highest BCUT2D eigenvalue weighted by atomic mass is 79.9. The molecule has 2 aromatic heterocycles. The molecule has 7 nitrogen and oxygen atoms in total. The Labute approximate surface area is 219 Å². The molecule has 1 aliphatic rings. The fourth-order valence-corrected chi connectivity index (χ4v) is 4.79. The molecule has 0 spiro atoms. The van der Waals surface area contributed by atoms with Gasteiger partial charge >= 0.3 is 6.18 Å². The first-order valence-corrected chi connectivity index (χ1v) is 12.6. The summed E-state index contributed by atoms with van der Waals surface area (Å²) < 4.78 is 41.3. The van der Waals surface area contributed by atoms with Crippen LogP contribution in [-0.4, -0.2) is 38.7 Å². The van der Waals surface area contributed by atoms with Crippen molar-refractivity contribution in [3.05, 3.63) is 76.2 Å². The van der Waals surface area contributed by atoms with Crippen molar-refractivity contribution in [2.24, 2.45) is 5.92 Å². The van der Waals surface area contributed by atoms with E-state index < -0.39 is 11.7 Å². The quantitative estimate of drug-likeness (QED) is 0.345. The molecule has 0 radical (unpaired) electrons. The third-order valence-electron chi connectivity index (χ3n) is 6.54. The van der Waals surface area contributed by atoms with Crippen molar-refractivity contribution in [2.75, 3.05) is 18.0 Å². The maximum Gasteiger partial charge on any atom is 0.416 e. The number of carbonyl (C=O) groups excluding carboxylic acids is 1. The van der Waals surface area contributed by atoms with E-state index in [2.05, 4.69) is 41.2 Å². The van der Waals surface area contributed by atoms with E-state index in [1.807, 2.05) is 25.1 Å². The summed E-state index contributed by atoms with van der Waals surface area (Å²) in [6, 6.07) is 10.8. The Morgan fingerprint density at radius 2 is 1.95 bits per heavy atom. The minimum absolute atomic E-state index is 0.00368. The summed E-state index contributed by atoms with van der Waals surface area (Å²) in [7, 11) is 0. The van der Waals surface area contributed by atoms with E-state index in [0.29, 0.717) is 35.6 Å². The van der Waals surface area contributed by atoms with Crippen molar-refractivity contribution in [3.8, 4) is 5.69 Å². The van der Waals surface area contributed by atoms with Crippen LogP contribution in [0.1, 0.15) is 29.5 Å². The number of amides is 1. The Bertz CT molecular complexity index is 1440. The molecule has 0 saturated carbocycles. The van der Waals surface area contributed by atoms with E-state index in [4.69, 9.17) is 0 Å². The lowest BCUT2D eigenvalue weighted by molar-refractivity contribution is -0.137. The van der Waals surface area contributed by atoms with Crippen LogP contribution in [-0.2, 0) is 17.5 Å². The van der Waals surface area contributed by atoms with Crippen LogP contribution in [0.4, 0.5) is 19.0 Å². The van der Waals surface area contributed by atoms with Crippen LogP contribution in [0.5, 0.6) is 0 Å². The summed E-state index contributed by atoms with van der Waals surface area (Å²) >= 11 is 3.49. The normalized spacial score (nSPS) is 16.2. The molecular weight excluding hydrogens is 549 g/mol. The summed E-state index contributed by atoms with van der Waals surface area (Å²) in [6.45, 7) is 3.70. The lowest BCUT2D eigenvalue weighted by atomic mass is 9.97. The third kappa shape index (κ3) is 5.46. The van der Waals surface area contributed by atoms with Gasteiger partial charge in [0.2, 0.25) is 5.91 Å². The molecule has 0 bridgehead atoms. The zero-order chi connectivity index (χ0) is 26.2. The second kappa shape index (κ2) is 10.1. The lowest BCUT2D eigenvalue weighted by Gasteiger charge is -2.33. The van der Waals surface area contributed by atoms with Gasteiger partial charge in [-0.05, 0) is 61.2 Å². The topological polar surface area (TPSA) is 75.9 Å². The van der Waals surface area contributed by atoms with E-state index in [1.165, 1.54) is 23.1 Å². The number of carbonyl (C=O) groups is 1.